The van der Waals surface area contributed by atoms with Gasteiger partial charge in [0.15, 0.2) is 0 Å². The van der Waals surface area contributed by atoms with Crippen LogP contribution < -0.4 is 0 Å². The van der Waals surface area contributed by atoms with Crippen LogP contribution in [-0.2, 0) is 9.53 Å². The minimum atomic E-state index is -0.483. The van der Waals surface area contributed by atoms with Crippen LogP contribution in [0.5, 0.6) is 0 Å². The van der Waals surface area contributed by atoms with E-state index in [4.69, 9.17) is 4.74 Å². The zero-order valence-electron chi connectivity index (χ0n) is 14.3. The molecule has 2 heterocycles. The number of likely N-dealkylation sites (tertiary alicyclic amines) is 1. The second-order valence-electron chi connectivity index (χ2n) is 7.54. The SMILES string of the molecule is N#C[C@@H]1N(C(=O)[C@@H]2C[C@H]2c2ccc(F)cc2)CCC[C@]12CCCCO2. The summed E-state index contributed by atoms with van der Waals surface area (Å²) in [6, 6.07) is 8.30. The number of rotatable bonds is 2. The summed E-state index contributed by atoms with van der Waals surface area (Å²) < 4.78 is 19.1. The second-order valence-corrected chi connectivity index (χ2v) is 7.54. The number of nitrogens with zero attached hydrogens (tertiary/aromatic N) is 2. The molecule has 1 saturated carbocycles. The maximum absolute atomic E-state index is 13.1. The van der Waals surface area contributed by atoms with Gasteiger partial charge in [-0.15, -0.1) is 0 Å². The Bertz CT molecular complexity index is 685. The molecule has 0 unspecified atom stereocenters. The number of piperidine rings is 1. The lowest BCUT2D eigenvalue weighted by atomic mass is 9.79. The van der Waals surface area contributed by atoms with Gasteiger partial charge in [-0.05, 0) is 62.1 Å². The lowest BCUT2D eigenvalue weighted by Crippen LogP contribution is -2.60. The number of hydrogen-bond acceptors (Lipinski definition) is 3. The first-order chi connectivity index (χ1) is 12.1. The molecule has 3 fully saturated rings. The van der Waals surface area contributed by atoms with Crippen molar-refractivity contribution in [3.05, 3.63) is 35.6 Å². The van der Waals surface area contributed by atoms with Gasteiger partial charge in [0.2, 0.25) is 5.91 Å². The normalized spacial score (nSPS) is 34.6. The molecule has 0 aromatic heterocycles. The fourth-order valence-corrected chi connectivity index (χ4v) is 4.57. The summed E-state index contributed by atoms with van der Waals surface area (Å²) in [7, 11) is 0. The van der Waals surface area contributed by atoms with E-state index in [9.17, 15) is 14.4 Å². The smallest absolute Gasteiger partial charge is 0.227 e. The van der Waals surface area contributed by atoms with Crippen LogP contribution in [0.1, 0.15) is 50.0 Å². The van der Waals surface area contributed by atoms with Gasteiger partial charge in [-0.3, -0.25) is 4.79 Å². The maximum Gasteiger partial charge on any atom is 0.227 e. The van der Waals surface area contributed by atoms with E-state index in [2.05, 4.69) is 6.07 Å². The standard InChI is InChI=1S/C20H23FN2O2/c21-15-6-4-14(5-7-15)16-12-17(16)19(24)23-10-3-9-20(18(23)13-22)8-1-2-11-25-20/h4-7,16-18H,1-3,8-12H2/t16-,17+,18-,20+/m0/s1. The monoisotopic (exact) mass is 342 g/mol. The van der Waals surface area contributed by atoms with Crippen molar-refractivity contribution in [1.29, 1.82) is 5.26 Å². The van der Waals surface area contributed by atoms with Crippen molar-refractivity contribution in [2.45, 2.75) is 56.1 Å². The van der Waals surface area contributed by atoms with Gasteiger partial charge in [-0.2, -0.15) is 5.26 Å². The zero-order chi connectivity index (χ0) is 17.4. The molecule has 0 N–H and O–H groups in total. The minimum Gasteiger partial charge on any atom is -0.372 e. The van der Waals surface area contributed by atoms with Crippen molar-refractivity contribution >= 4 is 5.91 Å². The summed E-state index contributed by atoms with van der Waals surface area (Å²) in [5.41, 5.74) is 0.537. The number of amides is 1. The van der Waals surface area contributed by atoms with Gasteiger partial charge >= 0.3 is 0 Å². The first-order valence-corrected chi connectivity index (χ1v) is 9.24. The molecule has 2 aliphatic heterocycles. The summed E-state index contributed by atoms with van der Waals surface area (Å²) >= 11 is 0. The largest absolute Gasteiger partial charge is 0.372 e. The van der Waals surface area contributed by atoms with E-state index in [0.29, 0.717) is 13.2 Å². The van der Waals surface area contributed by atoms with Crippen molar-refractivity contribution in [3.63, 3.8) is 0 Å². The Morgan fingerprint density at radius 3 is 2.68 bits per heavy atom. The molecule has 1 aromatic carbocycles. The third-order valence-corrected chi connectivity index (χ3v) is 6.00. The Morgan fingerprint density at radius 1 is 1.24 bits per heavy atom. The molecule has 0 bridgehead atoms. The second kappa shape index (κ2) is 6.42. The fourth-order valence-electron chi connectivity index (χ4n) is 4.57. The molecule has 1 aromatic rings. The Labute approximate surface area is 147 Å². The molecule has 3 aliphatic rings. The highest BCUT2D eigenvalue weighted by molar-refractivity contribution is 5.84. The first-order valence-electron chi connectivity index (χ1n) is 9.24. The van der Waals surface area contributed by atoms with Crippen molar-refractivity contribution in [2.75, 3.05) is 13.2 Å². The fraction of sp³-hybridized carbons (Fsp3) is 0.600. The third kappa shape index (κ3) is 2.93. The van der Waals surface area contributed by atoms with Crippen LogP contribution in [0.4, 0.5) is 4.39 Å². The van der Waals surface area contributed by atoms with Crippen molar-refractivity contribution < 1.29 is 13.9 Å². The van der Waals surface area contributed by atoms with Crippen LogP contribution in [0, 0.1) is 23.1 Å². The number of ether oxygens (including phenoxy) is 1. The van der Waals surface area contributed by atoms with Crippen LogP contribution in [0.15, 0.2) is 24.3 Å². The van der Waals surface area contributed by atoms with Crippen LogP contribution in [0.25, 0.3) is 0 Å². The molecule has 4 nitrogen and oxygen atoms in total. The summed E-state index contributed by atoms with van der Waals surface area (Å²) in [5, 5.41) is 9.78. The summed E-state index contributed by atoms with van der Waals surface area (Å²) in [5.74, 6) is -0.129. The molecule has 25 heavy (non-hydrogen) atoms. The molecule has 1 spiro atoms. The molecular weight excluding hydrogens is 319 g/mol. The summed E-state index contributed by atoms with van der Waals surface area (Å²) in [4.78, 5) is 14.8. The zero-order valence-corrected chi connectivity index (χ0v) is 14.3. The predicted molar refractivity (Wildman–Crippen MR) is 90.1 cm³/mol. The van der Waals surface area contributed by atoms with E-state index in [0.717, 1.165) is 44.1 Å². The van der Waals surface area contributed by atoms with Crippen LogP contribution in [-0.4, -0.2) is 35.6 Å². The van der Waals surface area contributed by atoms with Gasteiger partial charge < -0.3 is 9.64 Å². The average Bonchev–Trinajstić information content (AvgIpc) is 3.43. The predicted octanol–water partition coefficient (Wildman–Crippen LogP) is 3.38. The van der Waals surface area contributed by atoms with Crippen molar-refractivity contribution in [2.24, 2.45) is 5.92 Å². The average molecular weight is 342 g/mol. The van der Waals surface area contributed by atoms with Crippen molar-refractivity contribution in [3.8, 4) is 6.07 Å². The molecule has 1 amide bonds. The van der Waals surface area contributed by atoms with Gasteiger partial charge in [0, 0.05) is 19.1 Å². The lowest BCUT2D eigenvalue weighted by molar-refractivity contribution is -0.160. The van der Waals surface area contributed by atoms with Crippen LogP contribution in [0.2, 0.25) is 0 Å². The van der Waals surface area contributed by atoms with E-state index in [-0.39, 0.29) is 23.6 Å². The highest BCUT2D eigenvalue weighted by Crippen LogP contribution is 2.50. The highest BCUT2D eigenvalue weighted by atomic mass is 19.1. The van der Waals surface area contributed by atoms with Crippen LogP contribution in [0.3, 0.4) is 0 Å². The summed E-state index contributed by atoms with van der Waals surface area (Å²) in [6.07, 6.45) is 5.48. The van der Waals surface area contributed by atoms with E-state index in [1.165, 1.54) is 12.1 Å². The number of halogens is 1. The molecule has 5 heteroatoms. The van der Waals surface area contributed by atoms with E-state index >= 15 is 0 Å². The number of hydrogen-bond donors (Lipinski definition) is 0. The number of nitriles is 1. The first kappa shape index (κ1) is 16.5. The van der Waals surface area contributed by atoms with E-state index in [1.807, 2.05) is 0 Å². The number of benzene rings is 1. The molecule has 1 aliphatic carbocycles. The third-order valence-electron chi connectivity index (χ3n) is 6.00. The molecule has 0 radical (unpaired) electrons. The molecular formula is C20H23FN2O2. The Hall–Kier alpha value is -1.93. The molecule has 132 valence electrons. The minimum absolute atomic E-state index is 0.0640. The Balaban J connectivity index is 1.50. The topological polar surface area (TPSA) is 53.3 Å². The number of carbonyl (C=O) groups excluding carboxylic acids is 1. The Kier molecular flexibility index (Phi) is 4.24. The van der Waals surface area contributed by atoms with Crippen LogP contribution >= 0.6 is 0 Å². The van der Waals surface area contributed by atoms with Gasteiger partial charge in [0.1, 0.15) is 17.5 Å². The molecule has 2 saturated heterocycles. The van der Waals surface area contributed by atoms with E-state index < -0.39 is 11.6 Å². The lowest BCUT2D eigenvalue weighted by Gasteiger charge is -2.48. The molecule has 4 rings (SSSR count). The van der Waals surface area contributed by atoms with E-state index in [1.54, 1.807) is 17.0 Å². The molecule has 4 atom stereocenters. The summed E-state index contributed by atoms with van der Waals surface area (Å²) in [6.45, 7) is 1.32. The quantitative estimate of drug-likeness (QED) is 0.828. The van der Waals surface area contributed by atoms with Gasteiger partial charge in [0.25, 0.3) is 0 Å². The van der Waals surface area contributed by atoms with Gasteiger partial charge in [-0.25, -0.2) is 4.39 Å². The highest BCUT2D eigenvalue weighted by Gasteiger charge is 2.53. The van der Waals surface area contributed by atoms with Crippen molar-refractivity contribution in [1.82, 2.24) is 4.90 Å². The van der Waals surface area contributed by atoms with Gasteiger partial charge in [0.05, 0.1) is 6.07 Å². The Morgan fingerprint density at radius 2 is 2.00 bits per heavy atom. The maximum atomic E-state index is 13.1. The number of carbonyl (C=O) groups is 1. The van der Waals surface area contributed by atoms with Gasteiger partial charge in [-0.1, -0.05) is 12.1 Å².